The molecule has 0 aliphatic carbocycles. The number of anilines is 1. The molecule has 0 saturated heterocycles. The van der Waals surface area contributed by atoms with E-state index in [-0.39, 0.29) is 11.8 Å². The van der Waals surface area contributed by atoms with Crippen molar-refractivity contribution in [2.45, 2.75) is 13.1 Å². The Kier molecular flexibility index (Phi) is 7.35. The van der Waals surface area contributed by atoms with Crippen LogP contribution in [0.25, 0.3) is 0 Å². The smallest absolute Gasteiger partial charge is 0.274 e. The number of hydrogen-bond acceptors (Lipinski definition) is 5. The third-order valence-electron chi connectivity index (χ3n) is 4.64. The summed E-state index contributed by atoms with van der Waals surface area (Å²) in [5.74, 6) is 0.345. The fourth-order valence-electron chi connectivity index (χ4n) is 3.13. The summed E-state index contributed by atoms with van der Waals surface area (Å²) >= 11 is 0. The molecule has 0 saturated carbocycles. The van der Waals surface area contributed by atoms with E-state index in [2.05, 4.69) is 15.6 Å². The standard InChI is InChI=1S/C24H26N4O3/c1-28(2)24(30)19-12-17(15-25-16-18-8-4-5-10-22(18)31-3)13-20(14-19)27-23(29)21-9-6-7-11-26-21/h4-14,25H,15-16H2,1-3H3,(H,27,29). The molecule has 0 atom stereocenters. The molecule has 160 valence electrons. The Hall–Kier alpha value is -3.71. The van der Waals surface area contributed by atoms with Crippen LogP contribution in [0.15, 0.2) is 66.9 Å². The number of ether oxygens (including phenoxy) is 1. The molecule has 31 heavy (non-hydrogen) atoms. The highest BCUT2D eigenvalue weighted by Crippen LogP contribution is 2.19. The van der Waals surface area contributed by atoms with Gasteiger partial charge < -0.3 is 20.3 Å². The molecule has 7 heteroatoms. The molecule has 0 radical (unpaired) electrons. The summed E-state index contributed by atoms with van der Waals surface area (Å²) in [5.41, 5.74) is 3.26. The van der Waals surface area contributed by atoms with Crippen LogP contribution in [0.1, 0.15) is 32.0 Å². The van der Waals surface area contributed by atoms with Gasteiger partial charge in [-0.3, -0.25) is 14.6 Å². The zero-order chi connectivity index (χ0) is 22.2. The fourth-order valence-corrected chi connectivity index (χ4v) is 3.13. The van der Waals surface area contributed by atoms with Crippen molar-refractivity contribution in [3.05, 3.63) is 89.2 Å². The van der Waals surface area contributed by atoms with Crippen molar-refractivity contribution in [1.29, 1.82) is 0 Å². The highest BCUT2D eigenvalue weighted by atomic mass is 16.5. The molecule has 0 fully saturated rings. The summed E-state index contributed by atoms with van der Waals surface area (Å²) < 4.78 is 5.39. The van der Waals surface area contributed by atoms with Crippen LogP contribution >= 0.6 is 0 Å². The summed E-state index contributed by atoms with van der Waals surface area (Å²) in [6, 6.07) is 18.3. The number of para-hydroxylation sites is 1. The average Bonchev–Trinajstić information content (AvgIpc) is 2.79. The minimum absolute atomic E-state index is 0.139. The van der Waals surface area contributed by atoms with Gasteiger partial charge in [-0.1, -0.05) is 24.3 Å². The summed E-state index contributed by atoms with van der Waals surface area (Å²) in [4.78, 5) is 30.6. The zero-order valence-corrected chi connectivity index (χ0v) is 17.9. The number of nitrogens with zero attached hydrogens (tertiary/aromatic N) is 2. The number of aromatic nitrogens is 1. The van der Waals surface area contributed by atoms with E-state index in [1.165, 1.54) is 4.90 Å². The molecule has 0 spiro atoms. The van der Waals surface area contributed by atoms with Gasteiger partial charge in [0, 0.05) is 50.2 Å². The SMILES string of the molecule is COc1ccccc1CNCc1cc(NC(=O)c2ccccn2)cc(C(=O)N(C)C)c1. The number of amides is 2. The molecule has 0 bridgehead atoms. The molecule has 2 aromatic carbocycles. The lowest BCUT2D eigenvalue weighted by Crippen LogP contribution is -2.23. The van der Waals surface area contributed by atoms with Crippen molar-refractivity contribution in [1.82, 2.24) is 15.2 Å². The van der Waals surface area contributed by atoms with Crippen LogP contribution in [0.3, 0.4) is 0 Å². The quantitative estimate of drug-likeness (QED) is 0.586. The highest BCUT2D eigenvalue weighted by Gasteiger charge is 2.13. The molecule has 1 heterocycles. The Labute approximate surface area is 182 Å². The summed E-state index contributed by atoms with van der Waals surface area (Å²) in [6.45, 7) is 1.12. The third-order valence-corrected chi connectivity index (χ3v) is 4.64. The van der Waals surface area contributed by atoms with E-state index in [0.717, 1.165) is 16.9 Å². The number of rotatable bonds is 8. The first-order valence-electron chi connectivity index (χ1n) is 9.88. The van der Waals surface area contributed by atoms with Crippen LogP contribution in [0.2, 0.25) is 0 Å². The first-order valence-corrected chi connectivity index (χ1v) is 9.88. The van der Waals surface area contributed by atoms with E-state index < -0.39 is 0 Å². The number of methoxy groups -OCH3 is 1. The van der Waals surface area contributed by atoms with Crippen LogP contribution in [0.5, 0.6) is 5.75 Å². The van der Waals surface area contributed by atoms with E-state index in [1.807, 2.05) is 36.4 Å². The van der Waals surface area contributed by atoms with Gasteiger partial charge in [-0.25, -0.2) is 0 Å². The largest absolute Gasteiger partial charge is 0.496 e. The second-order valence-electron chi connectivity index (χ2n) is 7.20. The number of benzene rings is 2. The highest BCUT2D eigenvalue weighted by molar-refractivity contribution is 6.04. The number of carbonyl (C=O) groups is 2. The number of hydrogen-bond donors (Lipinski definition) is 2. The Balaban J connectivity index is 1.78. The summed E-state index contributed by atoms with van der Waals surface area (Å²) in [6.07, 6.45) is 1.56. The van der Waals surface area contributed by atoms with Crippen molar-refractivity contribution >= 4 is 17.5 Å². The molecule has 0 unspecified atom stereocenters. The van der Waals surface area contributed by atoms with E-state index >= 15 is 0 Å². The molecule has 2 amide bonds. The molecule has 3 rings (SSSR count). The van der Waals surface area contributed by atoms with Crippen molar-refractivity contribution in [2.75, 3.05) is 26.5 Å². The second kappa shape index (κ2) is 10.4. The number of pyridine rings is 1. The molecule has 2 N–H and O–H groups in total. The maximum absolute atomic E-state index is 12.5. The summed E-state index contributed by atoms with van der Waals surface area (Å²) in [5, 5.41) is 6.21. The van der Waals surface area contributed by atoms with Gasteiger partial charge in [-0.05, 0) is 42.0 Å². The second-order valence-corrected chi connectivity index (χ2v) is 7.20. The van der Waals surface area contributed by atoms with E-state index in [4.69, 9.17) is 4.74 Å². The van der Waals surface area contributed by atoms with Gasteiger partial charge in [0.1, 0.15) is 11.4 Å². The predicted octanol–water partition coefficient (Wildman–Crippen LogP) is 3.33. The molecule has 0 aliphatic heterocycles. The molecule has 7 nitrogen and oxygen atoms in total. The summed E-state index contributed by atoms with van der Waals surface area (Å²) in [7, 11) is 5.04. The first kappa shape index (κ1) is 22.0. The van der Waals surface area contributed by atoms with Crippen molar-refractivity contribution in [2.24, 2.45) is 0 Å². The van der Waals surface area contributed by atoms with Gasteiger partial charge >= 0.3 is 0 Å². The normalized spacial score (nSPS) is 10.4. The molecular weight excluding hydrogens is 392 g/mol. The van der Waals surface area contributed by atoms with Crippen molar-refractivity contribution < 1.29 is 14.3 Å². The topological polar surface area (TPSA) is 83.6 Å². The lowest BCUT2D eigenvalue weighted by Gasteiger charge is -2.15. The third kappa shape index (κ3) is 5.90. The van der Waals surface area contributed by atoms with Gasteiger partial charge in [-0.15, -0.1) is 0 Å². The van der Waals surface area contributed by atoms with Gasteiger partial charge in [0.2, 0.25) is 0 Å². The van der Waals surface area contributed by atoms with E-state index in [0.29, 0.717) is 30.0 Å². The lowest BCUT2D eigenvalue weighted by molar-refractivity contribution is 0.0827. The molecule has 3 aromatic rings. The Morgan fingerprint density at radius 3 is 2.48 bits per heavy atom. The maximum atomic E-state index is 12.5. The van der Waals surface area contributed by atoms with Crippen LogP contribution in [-0.2, 0) is 13.1 Å². The minimum atomic E-state index is -0.331. The Morgan fingerprint density at radius 1 is 1.00 bits per heavy atom. The van der Waals surface area contributed by atoms with Crippen LogP contribution < -0.4 is 15.4 Å². The van der Waals surface area contributed by atoms with Crippen LogP contribution in [0, 0.1) is 0 Å². The molecule has 0 aliphatic rings. The molecule has 1 aromatic heterocycles. The van der Waals surface area contributed by atoms with Crippen LogP contribution in [-0.4, -0.2) is 42.9 Å². The fraction of sp³-hybridized carbons (Fsp3) is 0.208. The Bertz CT molecular complexity index is 1050. The van der Waals surface area contributed by atoms with Gasteiger partial charge in [-0.2, -0.15) is 0 Å². The number of carbonyl (C=O) groups excluding carboxylic acids is 2. The first-order chi connectivity index (χ1) is 15.0. The lowest BCUT2D eigenvalue weighted by atomic mass is 10.1. The van der Waals surface area contributed by atoms with E-state index in [1.54, 1.807) is 51.7 Å². The predicted molar refractivity (Wildman–Crippen MR) is 120 cm³/mol. The zero-order valence-electron chi connectivity index (χ0n) is 17.9. The number of nitrogens with one attached hydrogen (secondary N) is 2. The minimum Gasteiger partial charge on any atom is -0.496 e. The average molecular weight is 418 g/mol. The van der Waals surface area contributed by atoms with Crippen LogP contribution in [0.4, 0.5) is 5.69 Å². The Morgan fingerprint density at radius 2 is 1.77 bits per heavy atom. The van der Waals surface area contributed by atoms with Gasteiger partial charge in [0.25, 0.3) is 11.8 Å². The van der Waals surface area contributed by atoms with Gasteiger partial charge in [0.05, 0.1) is 7.11 Å². The maximum Gasteiger partial charge on any atom is 0.274 e. The molecular formula is C24H26N4O3. The van der Waals surface area contributed by atoms with Gasteiger partial charge in [0.15, 0.2) is 0 Å². The monoisotopic (exact) mass is 418 g/mol. The van der Waals surface area contributed by atoms with E-state index in [9.17, 15) is 9.59 Å². The van der Waals surface area contributed by atoms with Crippen molar-refractivity contribution in [3.8, 4) is 5.75 Å². The van der Waals surface area contributed by atoms with Crippen molar-refractivity contribution in [3.63, 3.8) is 0 Å².